The Morgan fingerprint density at radius 1 is 1.29 bits per heavy atom. The van der Waals surface area contributed by atoms with Crippen LogP contribution in [0.2, 0.25) is 5.02 Å². The van der Waals surface area contributed by atoms with E-state index < -0.39 is 3.79 Å². The molecule has 6 heteroatoms. The van der Waals surface area contributed by atoms with Crippen LogP contribution in [0.15, 0.2) is 24.3 Å². The lowest BCUT2D eigenvalue weighted by Gasteiger charge is -2.19. The van der Waals surface area contributed by atoms with Gasteiger partial charge in [-0.3, -0.25) is 4.79 Å². The number of nitrogens with one attached hydrogen (secondary N) is 1. The van der Waals surface area contributed by atoms with Crippen molar-refractivity contribution in [3.05, 3.63) is 29.3 Å². The minimum atomic E-state index is -1.43. The molecular weight excluding hydrogens is 304 g/mol. The lowest BCUT2D eigenvalue weighted by atomic mass is 10.1. The van der Waals surface area contributed by atoms with Gasteiger partial charge in [0, 0.05) is 23.0 Å². The number of carbonyl (C=O) groups excluding carboxylic acids is 1. The first kappa shape index (κ1) is 14.9. The molecule has 0 heterocycles. The van der Waals surface area contributed by atoms with Crippen molar-refractivity contribution in [3.63, 3.8) is 0 Å². The van der Waals surface area contributed by atoms with E-state index >= 15 is 0 Å². The molecule has 0 aliphatic carbocycles. The average Bonchev–Trinajstić information content (AvgIpc) is 2.20. The minimum Gasteiger partial charge on any atom is -0.326 e. The van der Waals surface area contributed by atoms with E-state index in [9.17, 15) is 4.79 Å². The lowest BCUT2D eigenvalue weighted by molar-refractivity contribution is -0.116. The largest absolute Gasteiger partial charge is 0.326 e. The summed E-state index contributed by atoms with van der Waals surface area (Å²) >= 11 is 22.8. The number of hydrogen-bond acceptors (Lipinski definition) is 1. The van der Waals surface area contributed by atoms with E-state index in [1.807, 2.05) is 0 Å². The van der Waals surface area contributed by atoms with E-state index in [4.69, 9.17) is 46.4 Å². The van der Waals surface area contributed by atoms with Crippen LogP contribution in [-0.4, -0.2) is 9.70 Å². The summed E-state index contributed by atoms with van der Waals surface area (Å²) in [5.74, 6) is -0.564. The normalized spacial score (nSPS) is 13.2. The molecule has 0 aliphatic rings. The number of anilines is 1. The van der Waals surface area contributed by atoms with Gasteiger partial charge >= 0.3 is 0 Å². The molecule has 0 aromatic heterocycles. The minimum absolute atomic E-state index is 0.138. The number of rotatable bonds is 3. The van der Waals surface area contributed by atoms with Crippen LogP contribution in [0.25, 0.3) is 0 Å². The van der Waals surface area contributed by atoms with Crippen molar-refractivity contribution in [2.75, 3.05) is 5.32 Å². The third-order valence-electron chi connectivity index (χ3n) is 2.18. The summed E-state index contributed by atoms with van der Waals surface area (Å²) in [6.07, 6.45) is 0.138. The maximum Gasteiger partial charge on any atom is 0.224 e. The molecule has 1 N–H and O–H groups in total. The van der Waals surface area contributed by atoms with Gasteiger partial charge in [0.1, 0.15) is 0 Å². The SMILES string of the molecule is CC(CC(=O)Nc1ccc(Cl)cc1)C(Cl)(Cl)Cl. The van der Waals surface area contributed by atoms with Crippen LogP contribution < -0.4 is 5.32 Å². The van der Waals surface area contributed by atoms with Gasteiger partial charge in [0.2, 0.25) is 5.91 Å². The van der Waals surface area contributed by atoms with E-state index in [1.165, 1.54) is 0 Å². The van der Waals surface area contributed by atoms with E-state index in [2.05, 4.69) is 5.32 Å². The van der Waals surface area contributed by atoms with Crippen molar-refractivity contribution < 1.29 is 4.79 Å². The van der Waals surface area contributed by atoms with Crippen molar-refractivity contribution >= 4 is 58.0 Å². The van der Waals surface area contributed by atoms with Crippen LogP contribution in [-0.2, 0) is 4.79 Å². The summed E-state index contributed by atoms with van der Waals surface area (Å²) < 4.78 is -1.43. The number of hydrogen-bond donors (Lipinski definition) is 1. The second kappa shape index (κ2) is 6.14. The third-order valence-corrected chi connectivity index (χ3v) is 3.55. The van der Waals surface area contributed by atoms with E-state index in [-0.39, 0.29) is 18.2 Å². The van der Waals surface area contributed by atoms with Crippen LogP contribution in [0.3, 0.4) is 0 Å². The van der Waals surface area contributed by atoms with Crippen LogP contribution in [0, 0.1) is 5.92 Å². The molecule has 0 aliphatic heterocycles. The van der Waals surface area contributed by atoms with Crippen molar-refractivity contribution in [2.45, 2.75) is 17.1 Å². The molecule has 0 bridgehead atoms. The van der Waals surface area contributed by atoms with Gasteiger partial charge in [-0.15, -0.1) is 0 Å². The summed E-state index contributed by atoms with van der Waals surface area (Å²) in [5.41, 5.74) is 0.663. The zero-order valence-corrected chi connectivity index (χ0v) is 12.0. The van der Waals surface area contributed by atoms with Crippen molar-refractivity contribution in [2.24, 2.45) is 5.92 Å². The molecule has 0 saturated heterocycles. The molecule has 94 valence electrons. The van der Waals surface area contributed by atoms with Gasteiger partial charge in [0.15, 0.2) is 3.79 Å². The standard InChI is InChI=1S/C11H11Cl4NO/c1-7(11(13,14)15)6-10(17)16-9-4-2-8(12)3-5-9/h2-5,7H,6H2,1H3,(H,16,17). The Balaban J connectivity index is 2.53. The second-order valence-corrected chi connectivity index (χ2v) is 6.51. The van der Waals surface area contributed by atoms with Crippen LogP contribution >= 0.6 is 46.4 Å². The predicted octanol–water partition coefficient (Wildman–Crippen LogP) is 4.67. The first-order chi connectivity index (χ1) is 7.79. The zero-order valence-electron chi connectivity index (χ0n) is 9.01. The molecule has 0 spiro atoms. The Bertz CT molecular complexity index is 385. The Kier molecular flexibility index (Phi) is 5.39. The van der Waals surface area contributed by atoms with Gasteiger partial charge in [0.25, 0.3) is 0 Å². The molecule has 0 radical (unpaired) electrons. The molecular formula is C11H11Cl4NO. The number of amides is 1. The van der Waals surface area contributed by atoms with Gasteiger partial charge in [-0.2, -0.15) is 0 Å². The fourth-order valence-electron chi connectivity index (χ4n) is 1.14. The number of benzene rings is 1. The molecule has 1 rings (SSSR count). The number of alkyl halides is 3. The van der Waals surface area contributed by atoms with Gasteiger partial charge in [-0.05, 0) is 24.3 Å². The third kappa shape index (κ3) is 5.35. The topological polar surface area (TPSA) is 29.1 Å². The average molecular weight is 315 g/mol. The quantitative estimate of drug-likeness (QED) is 0.807. The number of halogens is 4. The predicted molar refractivity (Wildman–Crippen MR) is 74.2 cm³/mol. The van der Waals surface area contributed by atoms with Gasteiger partial charge in [-0.25, -0.2) is 0 Å². The molecule has 2 nitrogen and oxygen atoms in total. The zero-order chi connectivity index (χ0) is 13.1. The van der Waals surface area contributed by atoms with Crippen LogP contribution in [0.1, 0.15) is 13.3 Å². The summed E-state index contributed by atoms with van der Waals surface area (Å²) in [6.45, 7) is 1.70. The van der Waals surface area contributed by atoms with E-state index in [1.54, 1.807) is 31.2 Å². The van der Waals surface area contributed by atoms with Crippen molar-refractivity contribution in [1.82, 2.24) is 0 Å². The molecule has 1 unspecified atom stereocenters. The maximum absolute atomic E-state index is 11.6. The Hall–Kier alpha value is -0.150. The maximum atomic E-state index is 11.6. The first-order valence-corrected chi connectivity index (χ1v) is 6.42. The highest BCUT2D eigenvalue weighted by Gasteiger charge is 2.30. The molecule has 0 saturated carbocycles. The second-order valence-electron chi connectivity index (χ2n) is 3.70. The molecule has 1 aromatic carbocycles. The van der Waals surface area contributed by atoms with Crippen LogP contribution in [0.4, 0.5) is 5.69 Å². The highest BCUT2D eigenvalue weighted by Crippen LogP contribution is 2.36. The summed E-state index contributed by atoms with van der Waals surface area (Å²) in [6, 6.07) is 6.80. The van der Waals surface area contributed by atoms with Gasteiger partial charge in [0.05, 0.1) is 0 Å². The van der Waals surface area contributed by atoms with Crippen molar-refractivity contribution in [3.8, 4) is 0 Å². The van der Waals surface area contributed by atoms with E-state index in [0.717, 1.165) is 0 Å². The molecule has 17 heavy (non-hydrogen) atoms. The fourth-order valence-corrected chi connectivity index (χ4v) is 1.50. The van der Waals surface area contributed by atoms with Gasteiger partial charge in [-0.1, -0.05) is 53.3 Å². The monoisotopic (exact) mass is 313 g/mol. The lowest BCUT2D eigenvalue weighted by Crippen LogP contribution is -2.23. The van der Waals surface area contributed by atoms with Gasteiger partial charge < -0.3 is 5.32 Å². The summed E-state index contributed by atoms with van der Waals surface area (Å²) in [5, 5.41) is 3.31. The van der Waals surface area contributed by atoms with Crippen molar-refractivity contribution in [1.29, 1.82) is 0 Å². The molecule has 1 aromatic rings. The fraction of sp³-hybridized carbons (Fsp3) is 0.364. The Morgan fingerprint density at radius 3 is 2.29 bits per heavy atom. The highest BCUT2D eigenvalue weighted by atomic mass is 35.6. The first-order valence-electron chi connectivity index (χ1n) is 4.91. The molecule has 1 amide bonds. The smallest absolute Gasteiger partial charge is 0.224 e. The summed E-state index contributed by atoms with van der Waals surface area (Å²) in [4.78, 5) is 11.6. The number of carbonyl (C=O) groups is 1. The molecule has 0 fully saturated rings. The van der Waals surface area contributed by atoms with Crippen LogP contribution in [0.5, 0.6) is 0 Å². The highest BCUT2D eigenvalue weighted by molar-refractivity contribution is 6.67. The summed E-state index contributed by atoms with van der Waals surface area (Å²) in [7, 11) is 0. The Morgan fingerprint density at radius 2 is 1.82 bits per heavy atom. The molecule has 1 atom stereocenters. The van der Waals surface area contributed by atoms with E-state index in [0.29, 0.717) is 10.7 Å². The Labute approximate surface area is 120 Å².